The van der Waals surface area contributed by atoms with Crippen LogP contribution in [0, 0.1) is 5.82 Å². The van der Waals surface area contributed by atoms with Crippen LogP contribution in [0.15, 0.2) is 48.5 Å². The second-order valence-electron chi connectivity index (χ2n) is 4.10. The van der Waals surface area contributed by atoms with E-state index in [2.05, 4.69) is 5.32 Å². The molecule has 0 unspecified atom stereocenters. The van der Waals surface area contributed by atoms with Gasteiger partial charge in [0.25, 0.3) is 0 Å². The highest BCUT2D eigenvalue weighted by Gasteiger charge is 2.02. The highest BCUT2D eigenvalue weighted by atomic mass is 19.1. The van der Waals surface area contributed by atoms with E-state index >= 15 is 0 Å². The first-order valence-electron chi connectivity index (χ1n) is 5.89. The van der Waals surface area contributed by atoms with Crippen LogP contribution in [-0.2, 0) is 13.2 Å². The van der Waals surface area contributed by atoms with Crippen molar-refractivity contribution < 1.29 is 9.13 Å². The fourth-order valence-corrected chi connectivity index (χ4v) is 1.75. The minimum atomic E-state index is -0.272. The lowest BCUT2D eigenvalue weighted by molar-refractivity contribution is 0.304. The van der Waals surface area contributed by atoms with E-state index in [1.54, 1.807) is 0 Å². The fraction of sp³-hybridized carbons (Fsp3) is 0.200. The molecule has 2 rings (SSSR count). The van der Waals surface area contributed by atoms with E-state index in [1.807, 2.05) is 43.4 Å². The zero-order valence-corrected chi connectivity index (χ0v) is 10.3. The standard InChI is InChI=1S/C15H16FNO/c1-17-10-13-7-14(16)9-15(8-13)18-11-12-5-3-2-4-6-12/h2-9,17H,10-11H2,1H3. The zero-order chi connectivity index (χ0) is 12.8. The number of hydrogen-bond acceptors (Lipinski definition) is 2. The maximum Gasteiger partial charge on any atom is 0.127 e. The number of hydrogen-bond donors (Lipinski definition) is 1. The minimum absolute atomic E-state index is 0.272. The minimum Gasteiger partial charge on any atom is -0.489 e. The zero-order valence-electron chi connectivity index (χ0n) is 10.3. The van der Waals surface area contributed by atoms with Crippen molar-refractivity contribution in [1.82, 2.24) is 5.32 Å². The van der Waals surface area contributed by atoms with Gasteiger partial charge in [-0.1, -0.05) is 30.3 Å². The number of nitrogens with one attached hydrogen (secondary N) is 1. The number of ether oxygens (including phenoxy) is 1. The van der Waals surface area contributed by atoms with Crippen LogP contribution in [0.25, 0.3) is 0 Å². The molecule has 0 radical (unpaired) electrons. The van der Waals surface area contributed by atoms with Gasteiger partial charge in [0.1, 0.15) is 18.2 Å². The molecule has 0 bridgehead atoms. The summed E-state index contributed by atoms with van der Waals surface area (Å²) < 4.78 is 19.0. The molecule has 94 valence electrons. The number of rotatable bonds is 5. The molecule has 0 amide bonds. The highest BCUT2D eigenvalue weighted by Crippen LogP contribution is 2.17. The van der Waals surface area contributed by atoms with Gasteiger partial charge >= 0.3 is 0 Å². The first-order valence-corrected chi connectivity index (χ1v) is 5.89. The summed E-state index contributed by atoms with van der Waals surface area (Å²) in [6.45, 7) is 1.07. The maximum absolute atomic E-state index is 13.4. The Bertz CT molecular complexity index is 499. The van der Waals surface area contributed by atoms with Crippen molar-refractivity contribution in [3.8, 4) is 5.75 Å². The maximum atomic E-state index is 13.4. The van der Waals surface area contributed by atoms with Crippen LogP contribution in [0.1, 0.15) is 11.1 Å². The molecule has 0 aliphatic rings. The van der Waals surface area contributed by atoms with E-state index in [0.717, 1.165) is 11.1 Å². The molecular weight excluding hydrogens is 229 g/mol. The molecule has 2 aromatic rings. The largest absolute Gasteiger partial charge is 0.489 e. The Balaban J connectivity index is 2.05. The summed E-state index contributed by atoms with van der Waals surface area (Å²) in [7, 11) is 1.83. The first-order chi connectivity index (χ1) is 8.78. The highest BCUT2D eigenvalue weighted by molar-refractivity contribution is 5.30. The van der Waals surface area contributed by atoms with Crippen LogP contribution in [0.4, 0.5) is 4.39 Å². The van der Waals surface area contributed by atoms with E-state index in [4.69, 9.17) is 4.74 Å². The van der Waals surface area contributed by atoms with Crippen molar-refractivity contribution >= 4 is 0 Å². The summed E-state index contributed by atoms with van der Waals surface area (Å²) in [5.74, 6) is 0.287. The summed E-state index contributed by atoms with van der Waals surface area (Å²) in [5.41, 5.74) is 1.94. The third-order valence-corrected chi connectivity index (χ3v) is 2.56. The Kier molecular flexibility index (Phi) is 4.31. The van der Waals surface area contributed by atoms with Crippen LogP contribution in [0.2, 0.25) is 0 Å². The van der Waals surface area contributed by atoms with Gasteiger partial charge in [-0.3, -0.25) is 0 Å². The average Bonchev–Trinajstić information content (AvgIpc) is 2.37. The molecule has 0 atom stereocenters. The van der Waals surface area contributed by atoms with Gasteiger partial charge in [0.15, 0.2) is 0 Å². The van der Waals surface area contributed by atoms with Crippen molar-refractivity contribution in [2.24, 2.45) is 0 Å². The third-order valence-electron chi connectivity index (χ3n) is 2.56. The smallest absolute Gasteiger partial charge is 0.127 e. The van der Waals surface area contributed by atoms with E-state index < -0.39 is 0 Å². The Morgan fingerprint density at radius 1 is 1.06 bits per heavy atom. The van der Waals surface area contributed by atoms with Gasteiger partial charge in [-0.2, -0.15) is 0 Å². The first kappa shape index (κ1) is 12.6. The van der Waals surface area contributed by atoms with Crippen LogP contribution in [0.3, 0.4) is 0 Å². The quantitative estimate of drug-likeness (QED) is 0.873. The molecule has 0 spiro atoms. The summed E-state index contributed by atoms with van der Waals surface area (Å²) in [4.78, 5) is 0. The summed E-state index contributed by atoms with van der Waals surface area (Å²) in [5, 5.41) is 2.99. The molecule has 2 aromatic carbocycles. The Morgan fingerprint density at radius 3 is 2.56 bits per heavy atom. The van der Waals surface area contributed by atoms with Gasteiger partial charge in [-0.05, 0) is 30.3 Å². The lowest BCUT2D eigenvalue weighted by Crippen LogP contribution is -2.05. The molecule has 3 heteroatoms. The van der Waals surface area contributed by atoms with Crippen molar-refractivity contribution in [2.75, 3.05) is 7.05 Å². The lowest BCUT2D eigenvalue weighted by Gasteiger charge is -2.08. The molecule has 0 aliphatic heterocycles. The SMILES string of the molecule is CNCc1cc(F)cc(OCc2ccccc2)c1. The second-order valence-corrected chi connectivity index (χ2v) is 4.10. The molecule has 0 aromatic heterocycles. The summed E-state index contributed by atoms with van der Waals surface area (Å²) >= 11 is 0. The normalized spacial score (nSPS) is 10.3. The second kappa shape index (κ2) is 6.17. The topological polar surface area (TPSA) is 21.3 Å². The van der Waals surface area contributed by atoms with Gasteiger partial charge < -0.3 is 10.1 Å². The van der Waals surface area contributed by atoms with Gasteiger partial charge in [0.05, 0.1) is 0 Å². The predicted octanol–water partition coefficient (Wildman–Crippen LogP) is 3.12. The van der Waals surface area contributed by atoms with Gasteiger partial charge in [-0.25, -0.2) is 4.39 Å². The Hall–Kier alpha value is -1.87. The van der Waals surface area contributed by atoms with E-state index in [1.165, 1.54) is 12.1 Å². The molecule has 0 fully saturated rings. The van der Waals surface area contributed by atoms with E-state index in [-0.39, 0.29) is 5.82 Å². The van der Waals surface area contributed by atoms with Crippen molar-refractivity contribution in [3.63, 3.8) is 0 Å². The molecular formula is C15H16FNO. The van der Waals surface area contributed by atoms with Gasteiger partial charge in [0.2, 0.25) is 0 Å². The fourth-order valence-electron chi connectivity index (χ4n) is 1.75. The van der Waals surface area contributed by atoms with Gasteiger partial charge in [0, 0.05) is 12.6 Å². The summed E-state index contributed by atoms with van der Waals surface area (Å²) in [6, 6.07) is 14.6. The van der Waals surface area contributed by atoms with Crippen molar-refractivity contribution in [3.05, 3.63) is 65.5 Å². The van der Waals surface area contributed by atoms with Crippen LogP contribution in [0.5, 0.6) is 5.75 Å². The Morgan fingerprint density at radius 2 is 1.83 bits per heavy atom. The molecule has 1 N–H and O–H groups in total. The molecule has 0 aliphatic carbocycles. The molecule has 0 heterocycles. The van der Waals surface area contributed by atoms with Gasteiger partial charge in [-0.15, -0.1) is 0 Å². The Labute approximate surface area is 106 Å². The average molecular weight is 245 g/mol. The third kappa shape index (κ3) is 3.57. The molecule has 0 saturated heterocycles. The van der Waals surface area contributed by atoms with Crippen LogP contribution < -0.4 is 10.1 Å². The van der Waals surface area contributed by atoms with E-state index in [9.17, 15) is 4.39 Å². The molecule has 18 heavy (non-hydrogen) atoms. The molecule has 2 nitrogen and oxygen atoms in total. The number of benzene rings is 2. The van der Waals surface area contributed by atoms with Crippen molar-refractivity contribution in [1.29, 1.82) is 0 Å². The summed E-state index contributed by atoms with van der Waals surface area (Å²) in [6.07, 6.45) is 0. The van der Waals surface area contributed by atoms with Crippen LogP contribution in [-0.4, -0.2) is 7.05 Å². The lowest BCUT2D eigenvalue weighted by atomic mass is 10.2. The van der Waals surface area contributed by atoms with Crippen molar-refractivity contribution in [2.45, 2.75) is 13.2 Å². The predicted molar refractivity (Wildman–Crippen MR) is 69.9 cm³/mol. The monoisotopic (exact) mass is 245 g/mol. The molecule has 0 saturated carbocycles. The van der Waals surface area contributed by atoms with Crippen LogP contribution >= 0.6 is 0 Å². The number of halogens is 1. The van der Waals surface area contributed by atoms with E-state index in [0.29, 0.717) is 18.9 Å².